The highest BCUT2D eigenvalue weighted by molar-refractivity contribution is 7.92. The summed E-state index contributed by atoms with van der Waals surface area (Å²) in [6.45, 7) is 2.19. The summed E-state index contributed by atoms with van der Waals surface area (Å²) < 4.78 is 32.7. The highest BCUT2D eigenvalue weighted by Crippen LogP contribution is 2.17. The summed E-state index contributed by atoms with van der Waals surface area (Å²) in [5.74, 6) is -0.211. The molecule has 0 aromatic heterocycles. The highest BCUT2D eigenvalue weighted by atomic mass is 32.2. The van der Waals surface area contributed by atoms with Gasteiger partial charge in [-0.2, -0.15) is 0 Å². The van der Waals surface area contributed by atoms with Crippen molar-refractivity contribution >= 4 is 33.2 Å². The largest absolute Gasteiger partial charge is 0.494 e. The van der Waals surface area contributed by atoms with E-state index in [2.05, 4.69) is 15.4 Å². The summed E-state index contributed by atoms with van der Waals surface area (Å²) in [6.07, 6.45) is 0. The molecule has 166 valence electrons. The van der Waals surface area contributed by atoms with Crippen molar-refractivity contribution < 1.29 is 22.7 Å². The molecule has 0 atom stereocenters. The highest BCUT2D eigenvalue weighted by Gasteiger charge is 2.15. The minimum Gasteiger partial charge on any atom is -0.494 e. The third kappa shape index (κ3) is 6.32. The van der Waals surface area contributed by atoms with Crippen molar-refractivity contribution in [2.24, 2.45) is 0 Å². The van der Waals surface area contributed by atoms with Gasteiger partial charge >= 0.3 is 0 Å². The summed E-state index contributed by atoms with van der Waals surface area (Å²) in [4.78, 5) is 24.7. The second kappa shape index (κ2) is 10.5. The fraction of sp³-hybridized carbons (Fsp3) is 0.130. The summed E-state index contributed by atoms with van der Waals surface area (Å²) >= 11 is 0. The van der Waals surface area contributed by atoms with E-state index in [1.54, 1.807) is 48.5 Å². The van der Waals surface area contributed by atoms with E-state index in [1.807, 2.05) is 6.92 Å². The summed E-state index contributed by atoms with van der Waals surface area (Å²) in [5, 5.41) is 5.20. The average Bonchev–Trinajstić information content (AvgIpc) is 2.79. The molecule has 3 N–H and O–H groups in total. The Balaban J connectivity index is 1.57. The Morgan fingerprint density at radius 3 is 2.28 bits per heavy atom. The number of anilines is 2. The van der Waals surface area contributed by atoms with Gasteiger partial charge in [0.2, 0.25) is 5.91 Å². The van der Waals surface area contributed by atoms with Gasteiger partial charge in [-0.15, -0.1) is 0 Å². The number of rotatable bonds is 9. The summed E-state index contributed by atoms with van der Waals surface area (Å²) in [5.41, 5.74) is 1.03. The molecule has 0 unspecified atom stereocenters. The van der Waals surface area contributed by atoms with E-state index in [1.165, 1.54) is 30.3 Å². The molecule has 0 aliphatic carbocycles. The number of benzene rings is 3. The van der Waals surface area contributed by atoms with Gasteiger partial charge < -0.3 is 15.4 Å². The third-order valence-corrected chi connectivity index (χ3v) is 5.69. The maximum atomic E-state index is 12.5. The maximum absolute atomic E-state index is 12.5. The number of ether oxygens (including phenoxy) is 1. The molecule has 0 heterocycles. The molecule has 3 aromatic carbocycles. The zero-order valence-electron chi connectivity index (χ0n) is 17.4. The van der Waals surface area contributed by atoms with Gasteiger partial charge in [0.05, 0.1) is 18.0 Å². The molecule has 0 bridgehead atoms. The molecule has 32 heavy (non-hydrogen) atoms. The number of carbonyl (C=O) groups is 2. The first kappa shape index (κ1) is 22.8. The molecular formula is C23H23N3O5S. The molecule has 0 spiro atoms. The monoisotopic (exact) mass is 453 g/mol. The van der Waals surface area contributed by atoms with Crippen LogP contribution in [0.15, 0.2) is 83.8 Å². The lowest BCUT2D eigenvalue weighted by atomic mass is 10.2. The Labute approximate surface area is 186 Å². The van der Waals surface area contributed by atoms with Gasteiger partial charge in [0.25, 0.3) is 15.9 Å². The van der Waals surface area contributed by atoms with Crippen LogP contribution in [0.3, 0.4) is 0 Å². The van der Waals surface area contributed by atoms with Crippen LogP contribution in [-0.2, 0) is 14.8 Å². The van der Waals surface area contributed by atoms with Gasteiger partial charge in [-0.05, 0) is 61.5 Å². The van der Waals surface area contributed by atoms with E-state index in [0.29, 0.717) is 18.0 Å². The van der Waals surface area contributed by atoms with E-state index < -0.39 is 21.8 Å². The van der Waals surface area contributed by atoms with Crippen molar-refractivity contribution in [3.8, 4) is 5.75 Å². The molecule has 3 aromatic rings. The van der Waals surface area contributed by atoms with Crippen molar-refractivity contribution in [2.45, 2.75) is 11.8 Å². The molecule has 9 heteroatoms. The van der Waals surface area contributed by atoms with Crippen LogP contribution in [0.25, 0.3) is 0 Å². The first-order chi connectivity index (χ1) is 15.4. The standard InChI is InChI=1S/C23H23N3O5S/c1-2-31-20-13-11-18(12-14-20)25-22(27)16-24-23(28)17-7-6-8-19(15-17)26-32(29,30)21-9-4-3-5-10-21/h3-15,26H,2,16H2,1H3,(H,24,28)(H,25,27). The quantitative estimate of drug-likeness (QED) is 0.460. The van der Waals surface area contributed by atoms with Crippen LogP contribution in [0.1, 0.15) is 17.3 Å². The predicted molar refractivity (Wildman–Crippen MR) is 122 cm³/mol. The fourth-order valence-corrected chi connectivity index (χ4v) is 3.88. The molecule has 0 radical (unpaired) electrons. The van der Waals surface area contributed by atoms with Gasteiger partial charge in [-0.3, -0.25) is 14.3 Å². The van der Waals surface area contributed by atoms with Crippen molar-refractivity contribution in [2.75, 3.05) is 23.2 Å². The van der Waals surface area contributed by atoms with E-state index in [0.717, 1.165) is 0 Å². The van der Waals surface area contributed by atoms with E-state index in [4.69, 9.17) is 4.74 Å². The molecule has 0 saturated heterocycles. The lowest BCUT2D eigenvalue weighted by molar-refractivity contribution is -0.115. The zero-order valence-corrected chi connectivity index (χ0v) is 18.2. The van der Waals surface area contributed by atoms with Crippen LogP contribution in [0.5, 0.6) is 5.75 Å². The van der Waals surface area contributed by atoms with Gasteiger partial charge in [-0.25, -0.2) is 8.42 Å². The van der Waals surface area contributed by atoms with Gasteiger partial charge in [0, 0.05) is 16.9 Å². The van der Waals surface area contributed by atoms with Crippen molar-refractivity contribution in [3.63, 3.8) is 0 Å². The van der Waals surface area contributed by atoms with Crippen LogP contribution >= 0.6 is 0 Å². The van der Waals surface area contributed by atoms with Crippen molar-refractivity contribution in [3.05, 3.63) is 84.4 Å². The van der Waals surface area contributed by atoms with Gasteiger partial charge in [0.15, 0.2) is 0 Å². The lowest BCUT2D eigenvalue weighted by Gasteiger charge is -2.10. The number of nitrogens with one attached hydrogen (secondary N) is 3. The first-order valence-electron chi connectivity index (χ1n) is 9.86. The van der Waals surface area contributed by atoms with E-state index in [9.17, 15) is 18.0 Å². The van der Waals surface area contributed by atoms with Crippen molar-refractivity contribution in [1.29, 1.82) is 0 Å². The first-order valence-corrected chi connectivity index (χ1v) is 11.3. The van der Waals surface area contributed by atoms with Gasteiger partial charge in [-0.1, -0.05) is 24.3 Å². The molecule has 0 aliphatic heterocycles. The molecule has 2 amide bonds. The summed E-state index contributed by atoms with van der Waals surface area (Å²) in [7, 11) is -3.78. The SMILES string of the molecule is CCOc1ccc(NC(=O)CNC(=O)c2cccc(NS(=O)(=O)c3ccccc3)c2)cc1. The van der Waals surface area contributed by atoms with E-state index in [-0.39, 0.29) is 22.7 Å². The average molecular weight is 454 g/mol. The minimum atomic E-state index is -3.78. The Hall–Kier alpha value is -3.85. The fourth-order valence-electron chi connectivity index (χ4n) is 2.81. The topological polar surface area (TPSA) is 114 Å². The molecular weight excluding hydrogens is 430 g/mol. The Bertz CT molecular complexity index is 1180. The number of carbonyl (C=O) groups excluding carboxylic acids is 2. The molecule has 0 saturated carbocycles. The number of sulfonamides is 1. The van der Waals surface area contributed by atoms with Gasteiger partial charge in [0.1, 0.15) is 5.75 Å². The number of hydrogen-bond acceptors (Lipinski definition) is 5. The minimum absolute atomic E-state index is 0.112. The third-order valence-electron chi connectivity index (χ3n) is 4.29. The van der Waals surface area contributed by atoms with Crippen molar-refractivity contribution in [1.82, 2.24) is 5.32 Å². The molecule has 8 nitrogen and oxygen atoms in total. The second-order valence-corrected chi connectivity index (χ2v) is 8.37. The Morgan fingerprint density at radius 1 is 0.875 bits per heavy atom. The molecule has 3 rings (SSSR count). The Morgan fingerprint density at radius 2 is 1.59 bits per heavy atom. The number of hydrogen-bond donors (Lipinski definition) is 3. The van der Waals surface area contributed by atoms with Crippen LogP contribution in [0.4, 0.5) is 11.4 Å². The molecule has 0 aliphatic rings. The number of amides is 2. The molecule has 0 fully saturated rings. The second-order valence-electron chi connectivity index (χ2n) is 6.69. The maximum Gasteiger partial charge on any atom is 0.261 e. The predicted octanol–water partition coefficient (Wildman–Crippen LogP) is 3.25. The van der Waals surface area contributed by atoms with E-state index >= 15 is 0 Å². The van der Waals surface area contributed by atoms with Crippen LogP contribution in [0, 0.1) is 0 Å². The zero-order chi connectivity index (χ0) is 23.0. The van der Waals surface area contributed by atoms with Crippen LogP contribution < -0.4 is 20.1 Å². The van der Waals surface area contributed by atoms with Crippen LogP contribution in [-0.4, -0.2) is 33.4 Å². The normalized spacial score (nSPS) is 10.8. The Kier molecular flexibility index (Phi) is 7.45. The van der Waals surface area contributed by atoms with Crippen LogP contribution in [0.2, 0.25) is 0 Å². The summed E-state index contributed by atoms with van der Waals surface area (Å²) in [6, 6.07) is 20.8. The smallest absolute Gasteiger partial charge is 0.261 e. The lowest BCUT2D eigenvalue weighted by Crippen LogP contribution is -2.32.